The normalized spacial score (nSPS) is 21.8. The molecule has 0 spiro atoms. The van der Waals surface area contributed by atoms with Crippen LogP contribution in [0.3, 0.4) is 0 Å². The number of alkyl halides is 3. The van der Waals surface area contributed by atoms with Crippen LogP contribution in [0.2, 0.25) is 0 Å². The molecule has 0 aromatic heterocycles. The highest BCUT2D eigenvalue weighted by molar-refractivity contribution is 5.84. The summed E-state index contributed by atoms with van der Waals surface area (Å²) in [5.74, 6) is -1.97. The molecule has 2 aliphatic heterocycles. The van der Waals surface area contributed by atoms with E-state index in [2.05, 4.69) is 0 Å². The number of ether oxygens (including phenoxy) is 1. The molecule has 2 bridgehead atoms. The lowest BCUT2D eigenvalue weighted by Crippen LogP contribution is -2.60. The van der Waals surface area contributed by atoms with E-state index in [0.29, 0.717) is 0 Å². The summed E-state index contributed by atoms with van der Waals surface area (Å²) < 4.78 is 44.2. The Bertz CT molecular complexity index is 1020. The predicted octanol–water partition coefficient (Wildman–Crippen LogP) is 3.95. The van der Waals surface area contributed by atoms with Gasteiger partial charge in [0.1, 0.15) is 6.61 Å². The van der Waals surface area contributed by atoms with E-state index >= 15 is 0 Å². The highest BCUT2D eigenvalue weighted by Crippen LogP contribution is 2.44. The lowest BCUT2D eigenvalue weighted by molar-refractivity contribution is -0.189. The number of hydrogen-bond acceptors (Lipinski definition) is 3. The Labute approximate surface area is 176 Å². The first kappa shape index (κ1) is 19.7. The molecular formula is C23H19F3N2O3. The van der Waals surface area contributed by atoms with E-state index < -0.39 is 30.3 Å². The third kappa shape index (κ3) is 3.26. The fourth-order valence-electron chi connectivity index (χ4n) is 4.79. The molecule has 2 unspecified atom stereocenters. The van der Waals surface area contributed by atoms with Crippen molar-refractivity contribution in [2.24, 2.45) is 0 Å². The zero-order valence-corrected chi connectivity index (χ0v) is 16.4. The van der Waals surface area contributed by atoms with Crippen molar-refractivity contribution in [3.8, 4) is 11.1 Å². The number of nitrogens with zero attached hydrogens (tertiary/aromatic N) is 2. The molecule has 5 nitrogen and oxygen atoms in total. The monoisotopic (exact) mass is 428 g/mol. The number of rotatable bonds is 2. The maximum absolute atomic E-state index is 12.9. The lowest BCUT2D eigenvalue weighted by atomic mass is 9.98. The Morgan fingerprint density at radius 1 is 0.903 bits per heavy atom. The van der Waals surface area contributed by atoms with Crippen LogP contribution in [-0.4, -0.2) is 59.8 Å². The van der Waals surface area contributed by atoms with Crippen molar-refractivity contribution < 1.29 is 27.5 Å². The minimum absolute atomic E-state index is 0.0223. The largest absolute Gasteiger partial charge is 0.471 e. The summed E-state index contributed by atoms with van der Waals surface area (Å²) in [7, 11) is 0. The zero-order chi connectivity index (χ0) is 21.8. The molecule has 1 fully saturated rings. The van der Waals surface area contributed by atoms with E-state index in [-0.39, 0.29) is 25.6 Å². The van der Waals surface area contributed by atoms with Gasteiger partial charge in [0.05, 0.1) is 12.1 Å². The number of amides is 2. The van der Waals surface area contributed by atoms with E-state index in [1.807, 2.05) is 48.5 Å². The summed E-state index contributed by atoms with van der Waals surface area (Å²) in [6.07, 6.45) is -2.43. The molecule has 160 valence electrons. The van der Waals surface area contributed by atoms with Crippen LogP contribution in [0.1, 0.15) is 17.0 Å². The van der Waals surface area contributed by atoms with Crippen molar-refractivity contribution in [2.45, 2.75) is 24.2 Å². The predicted molar refractivity (Wildman–Crippen MR) is 106 cm³/mol. The number of fused-ring (bicyclic) bond motifs is 5. The summed E-state index contributed by atoms with van der Waals surface area (Å²) in [5, 5.41) is 0. The summed E-state index contributed by atoms with van der Waals surface area (Å²) >= 11 is 0. The molecule has 2 aromatic rings. The van der Waals surface area contributed by atoms with Gasteiger partial charge in [-0.1, -0.05) is 60.7 Å². The zero-order valence-electron chi connectivity index (χ0n) is 16.4. The topological polar surface area (TPSA) is 49.9 Å². The van der Waals surface area contributed by atoms with E-state index in [1.54, 1.807) is 12.2 Å². The van der Waals surface area contributed by atoms with Gasteiger partial charge in [0, 0.05) is 19.0 Å². The molecule has 5 rings (SSSR count). The number of carbonyl (C=O) groups excluding carboxylic acids is 2. The van der Waals surface area contributed by atoms with Crippen molar-refractivity contribution in [2.75, 3.05) is 19.7 Å². The maximum atomic E-state index is 12.9. The van der Waals surface area contributed by atoms with Gasteiger partial charge in [0.15, 0.2) is 0 Å². The van der Waals surface area contributed by atoms with Crippen molar-refractivity contribution in [3.63, 3.8) is 0 Å². The number of benzene rings is 2. The van der Waals surface area contributed by atoms with Crippen molar-refractivity contribution in [1.82, 2.24) is 9.80 Å². The van der Waals surface area contributed by atoms with E-state index in [4.69, 9.17) is 4.74 Å². The highest BCUT2D eigenvalue weighted by atomic mass is 19.4. The third-order valence-corrected chi connectivity index (χ3v) is 6.16. The molecule has 0 N–H and O–H groups in total. The molecule has 8 heteroatoms. The summed E-state index contributed by atoms with van der Waals surface area (Å²) in [5.41, 5.74) is 4.39. The molecule has 0 saturated carbocycles. The highest BCUT2D eigenvalue weighted by Gasteiger charge is 2.50. The van der Waals surface area contributed by atoms with Gasteiger partial charge in [-0.05, 0) is 22.3 Å². The SMILES string of the molecule is O=C(OCC1c2ccccc2-c2ccccc21)N1CC2C=CC(C1)N2C(=O)C(F)(F)F. The number of carbonyl (C=O) groups is 2. The van der Waals surface area contributed by atoms with E-state index in [9.17, 15) is 22.8 Å². The number of halogens is 3. The van der Waals surface area contributed by atoms with Gasteiger partial charge in [-0.25, -0.2) is 4.79 Å². The standard InChI is InChI=1S/C23H19F3N2O3/c24-23(25,26)21(29)28-14-9-10-15(28)12-27(11-14)22(30)31-13-20-18-7-3-1-5-16(18)17-6-2-4-8-19(17)20/h1-10,14-15,20H,11-13H2. The second kappa shape index (κ2) is 7.14. The Kier molecular flexibility index (Phi) is 4.53. The molecule has 2 aromatic carbocycles. The molecule has 1 aliphatic carbocycles. The van der Waals surface area contributed by atoms with Crippen LogP contribution in [0.4, 0.5) is 18.0 Å². The molecular weight excluding hydrogens is 409 g/mol. The Balaban J connectivity index is 1.27. The van der Waals surface area contributed by atoms with Crippen LogP contribution in [0.15, 0.2) is 60.7 Å². The minimum atomic E-state index is -4.94. The van der Waals surface area contributed by atoms with Gasteiger partial charge in [-0.2, -0.15) is 13.2 Å². The van der Waals surface area contributed by atoms with Gasteiger partial charge in [0.25, 0.3) is 0 Å². The van der Waals surface area contributed by atoms with Gasteiger partial charge in [-0.3, -0.25) is 4.79 Å². The van der Waals surface area contributed by atoms with Crippen LogP contribution >= 0.6 is 0 Å². The van der Waals surface area contributed by atoms with Gasteiger partial charge in [-0.15, -0.1) is 0 Å². The first-order valence-electron chi connectivity index (χ1n) is 10.0. The molecule has 1 saturated heterocycles. The summed E-state index contributed by atoms with van der Waals surface area (Å²) in [6.45, 7) is 0.0916. The Morgan fingerprint density at radius 3 is 1.94 bits per heavy atom. The van der Waals surface area contributed by atoms with E-state index in [0.717, 1.165) is 27.2 Å². The Hall–Kier alpha value is -3.29. The second-order valence-electron chi connectivity index (χ2n) is 7.94. The molecule has 31 heavy (non-hydrogen) atoms. The first-order valence-corrected chi connectivity index (χ1v) is 10.0. The first-order chi connectivity index (χ1) is 14.8. The van der Waals surface area contributed by atoms with E-state index in [1.165, 1.54) is 4.90 Å². The molecule has 2 heterocycles. The quantitative estimate of drug-likeness (QED) is 0.681. The van der Waals surface area contributed by atoms with Crippen molar-refractivity contribution >= 4 is 12.0 Å². The van der Waals surface area contributed by atoms with Gasteiger partial charge >= 0.3 is 18.2 Å². The molecule has 0 radical (unpaired) electrons. The number of piperazine rings is 1. The Morgan fingerprint density at radius 2 is 1.42 bits per heavy atom. The van der Waals surface area contributed by atoms with Crippen LogP contribution in [-0.2, 0) is 9.53 Å². The smallest absolute Gasteiger partial charge is 0.448 e. The van der Waals surface area contributed by atoms with Crippen LogP contribution < -0.4 is 0 Å². The van der Waals surface area contributed by atoms with Crippen LogP contribution in [0.5, 0.6) is 0 Å². The van der Waals surface area contributed by atoms with Gasteiger partial charge < -0.3 is 14.5 Å². The minimum Gasteiger partial charge on any atom is -0.448 e. The molecule has 2 amide bonds. The van der Waals surface area contributed by atoms with Crippen molar-refractivity contribution in [3.05, 3.63) is 71.8 Å². The fourth-order valence-corrected chi connectivity index (χ4v) is 4.79. The molecule has 3 aliphatic rings. The molecule has 2 atom stereocenters. The van der Waals surface area contributed by atoms with Crippen LogP contribution in [0, 0.1) is 0 Å². The maximum Gasteiger partial charge on any atom is 0.471 e. The average Bonchev–Trinajstić information content (AvgIpc) is 3.21. The summed E-state index contributed by atoms with van der Waals surface area (Å²) in [4.78, 5) is 26.6. The van der Waals surface area contributed by atoms with Crippen molar-refractivity contribution in [1.29, 1.82) is 0 Å². The third-order valence-electron chi connectivity index (χ3n) is 6.16. The lowest BCUT2D eigenvalue weighted by Gasteiger charge is -2.40. The van der Waals surface area contributed by atoms with Gasteiger partial charge in [0.2, 0.25) is 0 Å². The van der Waals surface area contributed by atoms with Crippen LogP contribution in [0.25, 0.3) is 11.1 Å². The summed E-state index contributed by atoms with van der Waals surface area (Å²) in [6, 6.07) is 14.3. The fraction of sp³-hybridized carbons (Fsp3) is 0.304. The average molecular weight is 428 g/mol. The number of hydrogen-bond donors (Lipinski definition) is 0. The second-order valence-corrected chi connectivity index (χ2v) is 7.94.